The molecule has 3 aromatic rings. The summed E-state index contributed by atoms with van der Waals surface area (Å²) in [6.07, 6.45) is 2.99. The predicted molar refractivity (Wildman–Crippen MR) is 114 cm³/mol. The second-order valence-corrected chi connectivity index (χ2v) is 6.66. The zero-order valence-electron chi connectivity index (χ0n) is 17.7. The minimum Gasteiger partial charge on any atom is -0.493 e. The van der Waals surface area contributed by atoms with Gasteiger partial charge in [-0.1, -0.05) is 31.9 Å². The van der Waals surface area contributed by atoms with Crippen LogP contribution in [0.15, 0.2) is 36.4 Å². The molecule has 0 radical (unpaired) electrons. The summed E-state index contributed by atoms with van der Waals surface area (Å²) in [4.78, 5) is 22.5. The number of hydrogen-bond donors (Lipinski definition) is 0. The lowest BCUT2D eigenvalue weighted by atomic mass is 10.1. The fraction of sp³-hybridized carbons (Fsp3) is 0.348. The van der Waals surface area contributed by atoms with Crippen molar-refractivity contribution in [1.29, 1.82) is 0 Å². The molecule has 0 aliphatic heterocycles. The largest absolute Gasteiger partial charge is 0.493 e. The van der Waals surface area contributed by atoms with Gasteiger partial charge in [-0.05, 0) is 30.7 Å². The predicted octanol–water partition coefficient (Wildman–Crippen LogP) is 4.46. The molecule has 7 nitrogen and oxygen atoms in total. The van der Waals surface area contributed by atoms with Crippen molar-refractivity contribution in [2.24, 2.45) is 0 Å². The molecule has 0 spiro atoms. The van der Waals surface area contributed by atoms with Crippen LogP contribution in [0.25, 0.3) is 11.0 Å². The summed E-state index contributed by atoms with van der Waals surface area (Å²) in [5, 5.41) is 0. The summed E-state index contributed by atoms with van der Waals surface area (Å²) in [6.45, 7) is 2.59. The van der Waals surface area contributed by atoms with Crippen LogP contribution in [0.4, 0.5) is 0 Å². The van der Waals surface area contributed by atoms with Gasteiger partial charge < -0.3 is 18.9 Å². The van der Waals surface area contributed by atoms with Gasteiger partial charge in [-0.15, -0.1) is 0 Å². The van der Waals surface area contributed by atoms with Crippen LogP contribution < -0.4 is 18.9 Å². The van der Waals surface area contributed by atoms with Gasteiger partial charge in [0.2, 0.25) is 17.4 Å². The number of hydrogen-bond acceptors (Lipinski definition) is 7. The quantitative estimate of drug-likeness (QED) is 0.361. The standard InChI is InChI=1S/C23H26N2O5/c1-5-6-9-12-30-23-20(24-16-10-7-8-11-17(16)25-23)21(26)15-13-18(27-2)22(29-4)19(14-15)28-3/h7-8,10-11,13-14H,5-6,9,12H2,1-4H3. The Hall–Kier alpha value is -3.35. The van der Waals surface area contributed by atoms with Crippen LogP contribution in [0, 0.1) is 0 Å². The van der Waals surface area contributed by atoms with E-state index in [1.165, 1.54) is 21.3 Å². The van der Waals surface area contributed by atoms with Gasteiger partial charge in [-0.25, -0.2) is 9.97 Å². The molecule has 158 valence electrons. The number of ketones is 1. The zero-order valence-corrected chi connectivity index (χ0v) is 17.7. The Morgan fingerprint density at radius 2 is 1.53 bits per heavy atom. The Labute approximate surface area is 176 Å². The maximum atomic E-state index is 13.4. The molecule has 1 heterocycles. The molecule has 30 heavy (non-hydrogen) atoms. The van der Waals surface area contributed by atoms with E-state index < -0.39 is 0 Å². The van der Waals surface area contributed by atoms with E-state index in [-0.39, 0.29) is 17.4 Å². The van der Waals surface area contributed by atoms with Crippen molar-refractivity contribution in [3.8, 4) is 23.1 Å². The number of rotatable bonds is 10. The molecule has 0 atom stereocenters. The minimum absolute atomic E-state index is 0.152. The van der Waals surface area contributed by atoms with E-state index in [4.69, 9.17) is 18.9 Å². The van der Waals surface area contributed by atoms with Crippen LogP contribution >= 0.6 is 0 Å². The summed E-state index contributed by atoms with van der Waals surface area (Å²) in [6, 6.07) is 10.6. The lowest BCUT2D eigenvalue weighted by Gasteiger charge is -2.14. The lowest BCUT2D eigenvalue weighted by molar-refractivity contribution is 0.102. The summed E-state index contributed by atoms with van der Waals surface area (Å²) < 4.78 is 22.0. The number of fused-ring (bicyclic) bond motifs is 1. The highest BCUT2D eigenvalue weighted by atomic mass is 16.5. The average molecular weight is 410 g/mol. The van der Waals surface area contributed by atoms with Gasteiger partial charge in [0.1, 0.15) is 0 Å². The molecular weight excluding hydrogens is 384 g/mol. The SMILES string of the molecule is CCCCCOc1nc2ccccc2nc1C(=O)c1cc(OC)c(OC)c(OC)c1. The number of carbonyl (C=O) groups is 1. The van der Waals surface area contributed by atoms with Crippen LogP contribution in [0.5, 0.6) is 23.1 Å². The molecule has 0 amide bonds. The van der Waals surface area contributed by atoms with Gasteiger partial charge in [0.25, 0.3) is 0 Å². The molecular formula is C23H26N2O5. The highest BCUT2D eigenvalue weighted by Crippen LogP contribution is 2.39. The summed E-state index contributed by atoms with van der Waals surface area (Å²) in [5.41, 5.74) is 1.78. The van der Waals surface area contributed by atoms with Crippen LogP contribution in [0.3, 0.4) is 0 Å². The number of nitrogens with zero attached hydrogens (tertiary/aromatic N) is 2. The second-order valence-electron chi connectivity index (χ2n) is 6.66. The van der Waals surface area contributed by atoms with Crippen molar-refractivity contribution in [2.75, 3.05) is 27.9 Å². The van der Waals surface area contributed by atoms with E-state index >= 15 is 0 Å². The van der Waals surface area contributed by atoms with E-state index in [9.17, 15) is 4.79 Å². The molecule has 0 fully saturated rings. The fourth-order valence-corrected chi connectivity index (χ4v) is 3.10. The minimum atomic E-state index is -0.335. The molecule has 0 saturated heterocycles. The molecule has 0 aliphatic carbocycles. The molecule has 1 aromatic heterocycles. The van der Waals surface area contributed by atoms with Gasteiger partial charge in [0.05, 0.1) is 39.0 Å². The van der Waals surface area contributed by atoms with Crippen LogP contribution in [0.1, 0.15) is 42.2 Å². The monoisotopic (exact) mass is 410 g/mol. The smallest absolute Gasteiger partial charge is 0.244 e. The summed E-state index contributed by atoms with van der Waals surface area (Å²) in [5.74, 6) is 1.08. The van der Waals surface area contributed by atoms with Gasteiger partial charge in [0.15, 0.2) is 17.2 Å². The fourth-order valence-electron chi connectivity index (χ4n) is 3.10. The van der Waals surface area contributed by atoms with Gasteiger partial charge in [-0.2, -0.15) is 0 Å². The zero-order chi connectivity index (χ0) is 21.5. The number of methoxy groups -OCH3 is 3. The average Bonchev–Trinajstić information content (AvgIpc) is 2.79. The van der Waals surface area contributed by atoms with E-state index in [2.05, 4.69) is 16.9 Å². The first-order valence-electron chi connectivity index (χ1n) is 9.87. The third kappa shape index (κ3) is 4.45. The number of para-hydroxylation sites is 2. The molecule has 0 bridgehead atoms. The molecule has 0 saturated carbocycles. The number of unbranched alkanes of at least 4 members (excludes halogenated alkanes) is 2. The highest BCUT2D eigenvalue weighted by molar-refractivity contribution is 6.10. The van der Waals surface area contributed by atoms with Gasteiger partial charge in [0, 0.05) is 5.56 Å². The van der Waals surface area contributed by atoms with Gasteiger partial charge in [-0.3, -0.25) is 4.79 Å². The summed E-state index contributed by atoms with van der Waals surface area (Å²) >= 11 is 0. The van der Waals surface area contributed by atoms with Crippen molar-refractivity contribution in [2.45, 2.75) is 26.2 Å². The van der Waals surface area contributed by atoms with E-state index in [0.717, 1.165) is 19.3 Å². The molecule has 2 aromatic carbocycles. The Bertz CT molecular complexity index is 1010. The van der Waals surface area contributed by atoms with E-state index in [1.54, 1.807) is 12.1 Å². The Morgan fingerprint density at radius 1 is 0.900 bits per heavy atom. The normalized spacial score (nSPS) is 10.7. The molecule has 0 unspecified atom stereocenters. The molecule has 7 heteroatoms. The van der Waals surface area contributed by atoms with Crippen LogP contribution in [0.2, 0.25) is 0 Å². The highest BCUT2D eigenvalue weighted by Gasteiger charge is 2.23. The third-order valence-electron chi connectivity index (χ3n) is 4.67. The van der Waals surface area contributed by atoms with Gasteiger partial charge >= 0.3 is 0 Å². The summed E-state index contributed by atoms with van der Waals surface area (Å²) in [7, 11) is 4.52. The number of aromatic nitrogens is 2. The van der Waals surface area contributed by atoms with E-state index in [0.29, 0.717) is 40.5 Å². The lowest BCUT2D eigenvalue weighted by Crippen LogP contribution is -2.11. The first-order valence-corrected chi connectivity index (χ1v) is 9.87. The first-order chi connectivity index (χ1) is 14.6. The van der Waals surface area contributed by atoms with Crippen LogP contribution in [-0.2, 0) is 0 Å². The molecule has 3 rings (SSSR count). The third-order valence-corrected chi connectivity index (χ3v) is 4.67. The van der Waals surface area contributed by atoms with Crippen molar-refractivity contribution in [3.63, 3.8) is 0 Å². The number of ether oxygens (including phenoxy) is 4. The maximum Gasteiger partial charge on any atom is 0.244 e. The topological polar surface area (TPSA) is 79.8 Å². The van der Waals surface area contributed by atoms with Crippen molar-refractivity contribution >= 4 is 16.8 Å². The molecule has 0 N–H and O–H groups in total. The van der Waals surface area contributed by atoms with Crippen molar-refractivity contribution in [3.05, 3.63) is 47.7 Å². The second kappa shape index (κ2) is 9.91. The molecule has 0 aliphatic rings. The number of benzene rings is 2. The Kier molecular flexibility index (Phi) is 7.06. The van der Waals surface area contributed by atoms with Crippen molar-refractivity contribution in [1.82, 2.24) is 9.97 Å². The number of carbonyl (C=O) groups excluding carboxylic acids is 1. The maximum absolute atomic E-state index is 13.4. The van der Waals surface area contributed by atoms with Crippen LogP contribution in [-0.4, -0.2) is 43.7 Å². The van der Waals surface area contributed by atoms with Crippen molar-refractivity contribution < 1.29 is 23.7 Å². The Morgan fingerprint density at radius 3 is 2.10 bits per heavy atom. The first kappa shape index (κ1) is 21.4. The van der Waals surface area contributed by atoms with E-state index in [1.807, 2.05) is 24.3 Å². The Balaban J connectivity index is 2.06.